The van der Waals surface area contributed by atoms with Gasteiger partial charge in [-0.2, -0.15) is 4.57 Å². The number of rotatable bonds is 4. The molecule has 0 radical (unpaired) electrons. The molecule has 0 fully saturated rings. The summed E-state index contributed by atoms with van der Waals surface area (Å²) in [5.41, 5.74) is 3.07. The first-order chi connectivity index (χ1) is 13.9. The van der Waals surface area contributed by atoms with Crippen LogP contribution in [0.15, 0.2) is 97.3 Å². The van der Waals surface area contributed by atoms with E-state index in [0.717, 1.165) is 23.0 Å². The standard InChI is InChI=1S/C20H17N4.H2O4S/c1-4-10-17(11-5-1)21-20-22-24(19-14-8-3-9-15-19)16-23(20)18-12-6-2-7-13-18;1-5(2,3)4/h1-16H,(H,21,22);(H2,1,2,3,4)/q+1;/p-1. The van der Waals surface area contributed by atoms with Crippen LogP contribution >= 0.6 is 0 Å². The molecule has 0 saturated heterocycles. The van der Waals surface area contributed by atoms with Gasteiger partial charge in [-0.1, -0.05) is 54.6 Å². The molecule has 0 bridgehead atoms. The lowest BCUT2D eigenvalue weighted by Gasteiger charge is -2.01. The third-order valence-electron chi connectivity index (χ3n) is 3.74. The fourth-order valence-electron chi connectivity index (χ4n) is 2.56. The maximum Gasteiger partial charge on any atom is 0.387 e. The molecule has 0 aliphatic carbocycles. The number of nitrogens with one attached hydrogen (secondary N) is 1. The van der Waals surface area contributed by atoms with Gasteiger partial charge in [0.25, 0.3) is 0 Å². The Hall–Kier alpha value is -3.53. The van der Waals surface area contributed by atoms with Gasteiger partial charge in [-0.05, 0) is 36.4 Å². The average Bonchev–Trinajstić information content (AvgIpc) is 3.13. The summed E-state index contributed by atoms with van der Waals surface area (Å²) in [6, 6.07) is 30.3. The average molecular weight is 410 g/mol. The van der Waals surface area contributed by atoms with E-state index in [0.29, 0.717) is 0 Å². The molecule has 0 atom stereocenters. The van der Waals surface area contributed by atoms with E-state index in [4.69, 9.17) is 22.6 Å². The molecule has 8 nitrogen and oxygen atoms in total. The third-order valence-corrected chi connectivity index (χ3v) is 3.74. The number of anilines is 2. The van der Waals surface area contributed by atoms with Crippen LogP contribution in [0.4, 0.5) is 11.6 Å². The van der Waals surface area contributed by atoms with Crippen LogP contribution < -0.4 is 9.88 Å². The Balaban J connectivity index is 0.000000431. The van der Waals surface area contributed by atoms with Gasteiger partial charge in [-0.15, -0.1) is 4.68 Å². The van der Waals surface area contributed by atoms with Crippen molar-refractivity contribution in [2.45, 2.75) is 0 Å². The molecule has 1 heterocycles. The Kier molecular flexibility index (Phi) is 6.35. The number of hydrogen-bond acceptors (Lipinski definition) is 5. The number of para-hydroxylation sites is 3. The van der Waals surface area contributed by atoms with E-state index in [1.165, 1.54) is 0 Å². The van der Waals surface area contributed by atoms with Gasteiger partial charge in [0.15, 0.2) is 0 Å². The molecule has 0 spiro atoms. The Morgan fingerprint density at radius 2 is 1.34 bits per heavy atom. The fourth-order valence-corrected chi connectivity index (χ4v) is 2.56. The van der Waals surface area contributed by atoms with Crippen molar-refractivity contribution in [1.29, 1.82) is 0 Å². The van der Waals surface area contributed by atoms with Crippen LogP contribution in [0.1, 0.15) is 0 Å². The molecule has 0 aliphatic heterocycles. The topological polar surface area (TPSA) is 111 Å². The second-order valence-electron chi connectivity index (χ2n) is 5.84. The second-order valence-corrected chi connectivity index (χ2v) is 6.70. The lowest BCUT2D eigenvalue weighted by atomic mass is 10.3. The Morgan fingerprint density at radius 3 is 1.90 bits per heavy atom. The Morgan fingerprint density at radius 1 is 0.862 bits per heavy atom. The molecular weight excluding hydrogens is 392 g/mol. The van der Waals surface area contributed by atoms with E-state index in [1.807, 2.05) is 94.4 Å². The van der Waals surface area contributed by atoms with Crippen LogP contribution in [-0.2, 0) is 10.4 Å². The lowest BCUT2D eigenvalue weighted by Crippen LogP contribution is -2.31. The van der Waals surface area contributed by atoms with Gasteiger partial charge in [0.05, 0.1) is 11.4 Å². The van der Waals surface area contributed by atoms with Crippen molar-refractivity contribution in [3.05, 3.63) is 97.3 Å². The summed E-state index contributed by atoms with van der Waals surface area (Å²) >= 11 is 0. The van der Waals surface area contributed by atoms with Gasteiger partial charge in [0, 0.05) is 5.10 Å². The van der Waals surface area contributed by atoms with Gasteiger partial charge in [0.2, 0.25) is 16.7 Å². The largest absolute Gasteiger partial charge is 0.726 e. The first kappa shape index (κ1) is 20.2. The first-order valence-electron chi connectivity index (χ1n) is 8.53. The van der Waals surface area contributed by atoms with Crippen molar-refractivity contribution in [2.75, 3.05) is 5.32 Å². The highest BCUT2D eigenvalue weighted by atomic mass is 32.3. The molecule has 9 heteroatoms. The number of benzene rings is 3. The predicted octanol–water partition coefficient (Wildman–Crippen LogP) is 2.90. The third kappa shape index (κ3) is 6.25. The van der Waals surface area contributed by atoms with Crippen LogP contribution in [-0.4, -0.2) is 27.3 Å². The summed E-state index contributed by atoms with van der Waals surface area (Å²) in [5.74, 6) is 0.760. The van der Waals surface area contributed by atoms with Gasteiger partial charge >= 0.3 is 5.95 Å². The number of aromatic nitrogens is 3. The summed E-state index contributed by atoms with van der Waals surface area (Å²) in [4.78, 5) is 0. The van der Waals surface area contributed by atoms with Crippen molar-refractivity contribution < 1.29 is 22.1 Å². The van der Waals surface area contributed by atoms with Crippen molar-refractivity contribution in [3.63, 3.8) is 0 Å². The fraction of sp³-hybridized carbons (Fsp3) is 0. The van der Waals surface area contributed by atoms with Crippen LogP contribution in [0.3, 0.4) is 0 Å². The van der Waals surface area contributed by atoms with E-state index in [9.17, 15) is 0 Å². The van der Waals surface area contributed by atoms with Gasteiger partial charge in [-0.25, -0.2) is 8.42 Å². The highest BCUT2D eigenvalue weighted by Crippen LogP contribution is 2.14. The van der Waals surface area contributed by atoms with Gasteiger partial charge < -0.3 is 4.55 Å². The number of nitrogens with zero attached hydrogens (tertiary/aromatic N) is 3. The van der Waals surface area contributed by atoms with E-state index in [2.05, 4.69) is 17.4 Å². The Bertz CT molecular complexity index is 1140. The SMILES string of the molecule is O=S(=O)([O-])O.c1ccc(Nc2nn(-c3ccccc3)c[n+]2-c2ccccc2)cc1. The van der Waals surface area contributed by atoms with E-state index >= 15 is 0 Å². The summed E-state index contributed by atoms with van der Waals surface area (Å²) in [6.45, 7) is 0. The molecule has 2 N–H and O–H groups in total. The highest BCUT2D eigenvalue weighted by Gasteiger charge is 2.18. The lowest BCUT2D eigenvalue weighted by molar-refractivity contribution is -0.581. The van der Waals surface area contributed by atoms with Crippen molar-refractivity contribution >= 4 is 22.0 Å². The van der Waals surface area contributed by atoms with Crippen LogP contribution in [0.2, 0.25) is 0 Å². The number of hydrogen-bond donors (Lipinski definition) is 2. The second kappa shape index (κ2) is 9.11. The maximum atomic E-state index is 8.63. The molecule has 0 unspecified atom stereocenters. The summed E-state index contributed by atoms with van der Waals surface area (Å²) in [7, 11) is -4.92. The monoisotopic (exact) mass is 410 g/mol. The molecule has 1 aromatic heterocycles. The van der Waals surface area contributed by atoms with E-state index in [-0.39, 0.29) is 0 Å². The maximum absolute atomic E-state index is 8.63. The molecular formula is C20H18N4O4S. The van der Waals surface area contributed by atoms with Crippen LogP contribution in [0.5, 0.6) is 0 Å². The minimum Gasteiger partial charge on any atom is -0.726 e. The van der Waals surface area contributed by atoms with Crippen LogP contribution in [0, 0.1) is 0 Å². The summed E-state index contributed by atoms with van der Waals surface area (Å²) in [6.07, 6.45) is 1.98. The molecule has 0 aliphatic rings. The quantitative estimate of drug-likeness (QED) is 0.304. The Labute approximate surface area is 168 Å². The molecule has 0 saturated carbocycles. The van der Waals surface area contributed by atoms with Gasteiger partial charge in [-0.3, -0.25) is 9.87 Å². The molecule has 4 rings (SSSR count). The minimum atomic E-state index is -4.92. The van der Waals surface area contributed by atoms with Gasteiger partial charge in [0.1, 0.15) is 5.69 Å². The zero-order valence-electron chi connectivity index (χ0n) is 15.2. The molecule has 148 valence electrons. The molecule has 29 heavy (non-hydrogen) atoms. The smallest absolute Gasteiger partial charge is 0.387 e. The zero-order chi connectivity index (χ0) is 20.7. The van der Waals surface area contributed by atoms with E-state index in [1.54, 1.807) is 0 Å². The predicted molar refractivity (Wildman–Crippen MR) is 107 cm³/mol. The normalized spacial score (nSPS) is 10.7. The van der Waals surface area contributed by atoms with Crippen LogP contribution in [0.25, 0.3) is 11.4 Å². The van der Waals surface area contributed by atoms with Crippen molar-refractivity contribution in [2.24, 2.45) is 0 Å². The first-order valence-corrected chi connectivity index (χ1v) is 9.89. The summed E-state index contributed by atoms with van der Waals surface area (Å²) < 4.78 is 36.7. The molecule has 3 aromatic carbocycles. The molecule has 4 aromatic rings. The van der Waals surface area contributed by atoms with Crippen molar-refractivity contribution in [1.82, 2.24) is 9.78 Å². The van der Waals surface area contributed by atoms with E-state index < -0.39 is 10.4 Å². The zero-order valence-corrected chi connectivity index (χ0v) is 16.0. The minimum absolute atomic E-state index is 0.760. The highest BCUT2D eigenvalue weighted by molar-refractivity contribution is 7.79. The molecule has 0 amide bonds. The van der Waals surface area contributed by atoms with Crippen molar-refractivity contribution in [3.8, 4) is 11.4 Å². The summed E-state index contributed by atoms with van der Waals surface area (Å²) in [5, 5.41) is 8.11.